The fraction of sp³-hybridized carbons (Fsp3) is 0.0204. The van der Waals surface area contributed by atoms with E-state index in [1.807, 2.05) is 31.2 Å². The number of fused-ring (bicyclic) bond motifs is 9. The molecule has 0 aliphatic heterocycles. The molecule has 0 radical (unpaired) electrons. The Labute approximate surface area is 296 Å². The van der Waals surface area contributed by atoms with Crippen LogP contribution in [-0.4, -0.2) is 0 Å². The Hall–Kier alpha value is -6.64. The molecule has 0 unspecified atom stereocenters. The Morgan fingerprint density at radius 1 is 0.569 bits per heavy atom. The first kappa shape index (κ1) is 30.4. The molecule has 242 valence electrons. The standard InChI is InChI=1S/C49H34O2/c1-3-14-37-31-44(40-20-13-12-19-39(40)38(37)4-2)33-16-6-5-7-22-46-41(21-11-10-17-33)42-26-27-43-45-30-36(25-28-47(45)51-49(43)48(42)50-46)35-24-23-32-15-8-9-18-34(32)29-35/h3-31H,2H2,1H3/b6-5-,7-5?,11-10?,14-3-,16-6?,17-10+,21-11-,22-7-,33-16+,33-17?,41-21?,46-22?. The van der Waals surface area contributed by atoms with E-state index in [0.29, 0.717) is 0 Å². The van der Waals surface area contributed by atoms with Crippen LogP contribution in [-0.2, 0) is 0 Å². The third kappa shape index (κ3) is 5.29. The molecule has 0 bridgehead atoms. The molecule has 0 N–H and O–H groups in total. The summed E-state index contributed by atoms with van der Waals surface area (Å²) in [6, 6.07) is 36.7. The smallest absolute Gasteiger partial charge is 0.178 e. The van der Waals surface area contributed by atoms with E-state index >= 15 is 0 Å². The molecule has 51 heavy (non-hydrogen) atoms. The molecule has 0 atom stereocenters. The second-order valence-corrected chi connectivity index (χ2v) is 12.8. The summed E-state index contributed by atoms with van der Waals surface area (Å²) in [6.45, 7) is 6.17. The van der Waals surface area contributed by atoms with Gasteiger partial charge in [-0.15, -0.1) is 0 Å². The summed E-state index contributed by atoms with van der Waals surface area (Å²) in [7, 11) is 0. The van der Waals surface area contributed by atoms with E-state index in [0.717, 1.165) is 66.5 Å². The number of furan rings is 2. The minimum atomic E-state index is 0.752. The van der Waals surface area contributed by atoms with E-state index in [2.05, 4.69) is 158 Å². The number of hydrogen-bond donors (Lipinski definition) is 0. The van der Waals surface area contributed by atoms with Gasteiger partial charge < -0.3 is 8.83 Å². The lowest BCUT2D eigenvalue weighted by molar-refractivity contribution is 0.590. The van der Waals surface area contributed by atoms with Crippen LogP contribution in [0.3, 0.4) is 0 Å². The lowest BCUT2D eigenvalue weighted by atomic mass is 9.90. The summed E-state index contributed by atoms with van der Waals surface area (Å²) in [5.74, 6) is 0.788. The molecule has 0 amide bonds. The Balaban J connectivity index is 1.12. The van der Waals surface area contributed by atoms with Crippen molar-refractivity contribution in [3.63, 3.8) is 0 Å². The maximum Gasteiger partial charge on any atom is 0.178 e. The van der Waals surface area contributed by atoms with Crippen molar-refractivity contribution in [2.24, 2.45) is 0 Å². The summed E-state index contributed by atoms with van der Waals surface area (Å²) >= 11 is 0. The zero-order chi connectivity index (χ0) is 34.3. The van der Waals surface area contributed by atoms with Crippen molar-refractivity contribution >= 4 is 84.3 Å². The lowest BCUT2D eigenvalue weighted by Gasteiger charge is -2.14. The second-order valence-electron chi connectivity index (χ2n) is 12.8. The lowest BCUT2D eigenvalue weighted by Crippen LogP contribution is -1.91. The van der Waals surface area contributed by atoms with Gasteiger partial charge >= 0.3 is 0 Å². The van der Waals surface area contributed by atoms with Crippen molar-refractivity contribution in [1.82, 2.24) is 0 Å². The maximum absolute atomic E-state index is 6.58. The van der Waals surface area contributed by atoms with E-state index in [9.17, 15) is 0 Å². The average molecular weight is 655 g/mol. The van der Waals surface area contributed by atoms with Crippen LogP contribution in [0.5, 0.6) is 0 Å². The van der Waals surface area contributed by atoms with Crippen LogP contribution in [0.15, 0.2) is 167 Å². The maximum atomic E-state index is 6.58. The van der Waals surface area contributed by atoms with Gasteiger partial charge in [-0.2, -0.15) is 0 Å². The third-order valence-electron chi connectivity index (χ3n) is 9.82. The Kier molecular flexibility index (Phi) is 7.56. The fourth-order valence-electron chi connectivity index (χ4n) is 7.39. The molecule has 0 saturated heterocycles. The molecular formula is C49H34O2. The molecule has 1 aliphatic rings. The summed E-state index contributed by atoms with van der Waals surface area (Å²) in [5.41, 5.74) is 10.3. The predicted molar refractivity (Wildman–Crippen MR) is 220 cm³/mol. The van der Waals surface area contributed by atoms with Gasteiger partial charge in [0, 0.05) is 21.7 Å². The molecule has 0 fully saturated rings. The SMILES string of the molecule is C=Cc1c(/C=C\C)cc(C2=C/C=C\C=C/c3oc4c(ccc5c6cc(-c7ccc8ccccc8c7)ccc6oc54)c3/C=C\C=C\2)c2ccccc12. The topological polar surface area (TPSA) is 26.3 Å². The molecule has 9 rings (SSSR count). The molecule has 1 aliphatic carbocycles. The minimum Gasteiger partial charge on any atom is -0.452 e. The van der Waals surface area contributed by atoms with E-state index in [4.69, 9.17) is 8.83 Å². The van der Waals surface area contributed by atoms with Crippen molar-refractivity contribution < 1.29 is 8.83 Å². The van der Waals surface area contributed by atoms with E-state index in [-0.39, 0.29) is 0 Å². The van der Waals surface area contributed by atoms with Gasteiger partial charge in [-0.3, -0.25) is 0 Å². The molecule has 6 aromatic carbocycles. The van der Waals surface area contributed by atoms with Gasteiger partial charge in [0.1, 0.15) is 11.3 Å². The van der Waals surface area contributed by atoms with Gasteiger partial charge in [0.05, 0.1) is 0 Å². The highest BCUT2D eigenvalue weighted by Gasteiger charge is 2.18. The van der Waals surface area contributed by atoms with Crippen molar-refractivity contribution in [2.45, 2.75) is 6.92 Å². The molecule has 2 aromatic heterocycles. The van der Waals surface area contributed by atoms with Gasteiger partial charge in [0.2, 0.25) is 0 Å². The second kappa shape index (κ2) is 12.7. The van der Waals surface area contributed by atoms with Crippen LogP contribution in [0.4, 0.5) is 0 Å². The highest BCUT2D eigenvalue weighted by atomic mass is 16.4. The summed E-state index contributed by atoms with van der Waals surface area (Å²) in [6.07, 6.45) is 25.0. The van der Waals surface area contributed by atoms with E-state index in [1.165, 1.54) is 32.7 Å². The highest BCUT2D eigenvalue weighted by Crippen LogP contribution is 2.40. The molecule has 8 aromatic rings. The first-order valence-corrected chi connectivity index (χ1v) is 17.3. The number of rotatable bonds is 4. The number of benzene rings is 6. The monoisotopic (exact) mass is 654 g/mol. The highest BCUT2D eigenvalue weighted by molar-refractivity contribution is 6.15. The molecular weight excluding hydrogens is 621 g/mol. The molecule has 2 nitrogen and oxygen atoms in total. The molecule has 0 saturated carbocycles. The Morgan fingerprint density at radius 2 is 1.31 bits per heavy atom. The quantitative estimate of drug-likeness (QED) is 0.189. The van der Waals surface area contributed by atoms with Crippen LogP contribution in [0, 0.1) is 0 Å². The average Bonchev–Trinajstić information content (AvgIpc) is 3.72. The van der Waals surface area contributed by atoms with Crippen LogP contribution in [0.25, 0.3) is 95.5 Å². The van der Waals surface area contributed by atoms with Crippen LogP contribution in [0.2, 0.25) is 0 Å². The van der Waals surface area contributed by atoms with E-state index in [1.54, 1.807) is 0 Å². The number of allylic oxidation sites excluding steroid dienone is 9. The molecule has 2 heteroatoms. The molecule has 0 spiro atoms. The predicted octanol–water partition coefficient (Wildman–Crippen LogP) is 14.2. The van der Waals surface area contributed by atoms with Gasteiger partial charge in [0.15, 0.2) is 11.2 Å². The van der Waals surface area contributed by atoms with Gasteiger partial charge in [-0.05, 0) is 104 Å². The van der Waals surface area contributed by atoms with Gasteiger partial charge in [-0.1, -0.05) is 140 Å². The zero-order valence-electron chi connectivity index (χ0n) is 28.3. The van der Waals surface area contributed by atoms with Gasteiger partial charge in [-0.25, -0.2) is 0 Å². The summed E-state index contributed by atoms with van der Waals surface area (Å²) < 4.78 is 13.1. The van der Waals surface area contributed by atoms with Gasteiger partial charge in [0.25, 0.3) is 0 Å². The minimum absolute atomic E-state index is 0.752. The first-order chi connectivity index (χ1) is 25.2. The van der Waals surface area contributed by atoms with Crippen LogP contribution < -0.4 is 0 Å². The first-order valence-electron chi connectivity index (χ1n) is 17.3. The fourth-order valence-corrected chi connectivity index (χ4v) is 7.39. The van der Waals surface area contributed by atoms with Crippen molar-refractivity contribution in [1.29, 1.82) is 0 Å². The zero-order valence-corrected chi connectivity index (χ0v) is 28.3. The van der Waals surface area contributed by atoms with Crippen molar-refractivity contribution in [3.05, 3.63) is 186 Å². The van der Waals surface area contributed by atoms with E-state index < -0.39 is 0 Å². The van der Waals surface area contributed by atoms with Crippen LogP contribution in [0.1, 0.15) is 34.9 Å². The Morgan fingerprint density at radius 3 is 2.20 bits per heavy atom. The summed E-state index contributed by atoms with van der Waals surface area (Å²) in [4.78, 5) is 0. The molecule has 2 heterocycles. The van der Waals surface area contributed by atoms with Crippen molar-refractivity contribution in [3.8, 4) is 11.1 Å². The normalized spacial score (nSPS) is 16.9. The number of hydrogen-bond acceptors (Lipinski definition) is 2. The van der Waals surface area contributed by atoms with Crippen LogP contribution >= 0.6 is 0 Å². The third-order valence-corrected chi connectivity index (χ3v) is 9.82. The summed E-state index contributed by atoms with van der Waals surface area (Å²) in [5, 5.41) is 7.98. The largest absolute Gasteiger partial charge is 0.452 e. The Bertz CT molecular complexity index is 2870. The van der Waals surface area contributed by atoms with Crippen molar-refractivity contribution in [2.75, 3.05) is 0 Å².